The topological polar surface area (TPSA) is 72.0 Å². The lowest BCUT2D eigenvalue weighted by Crippen LogP contribution is -2.43. The number of nitrogens with one attached hydrogen (secondary N) is 1. The fourth-order valence-electron chi connectivity index (χ4n) is 3.12. The molecule has 2 atom stereocenters. The zero-order chi connectivity index (χ0) is 17.9. The van der Waals surface area contributed by atoms with Crippen LogP contribution in [0.1, 0.15) is 37.1 Å². The monoisotopic (exact) mass is 377 g/mol. The Morgan fingerprint density at radius 2 is 1.68 bits per heavy atom. The smallest absolute Gasteiger partial charge is 0.228 e. The van der Waals surface area contributed by atoms with Crippen LogP contribution in [0.2, 0.25) is 0 Å². The van der Waals surface area contributed by atoms with E-state index in [0.29, 0.717) is 4.90 Å². The van der Waals surface area contributed by atoms with Gasteiger partial charge in [-0.3, -0.25) is 0 Å². The van der Waals surface area contributed by atoms with Crippen molar-refractivity contribution in [1.29, 1.82) is 0 Å². The van der Waals surface area contributed by atoms with Crippen molar-refractivity contribution < 1.29 is 8.42 Å². The molecule has 0 amide bonds. The van der Waals surface area contributed by atoms with E-state index < -0.39 is 10.0 Å². The van der Waals surface area contributed by atoms with Gasteiger partial charge in [-0.05, 0) is 44.9 Å². The lowest BCUT2D eigenvalue weighted by molar-refractivity contribution is 0.422. The van der Waals surface area contributed by atoms with Gasteiger partial charge in [0, 0.05) is 22.7 Å². The van der Waals surface area contributed by atoms with E-state index in [4.69, 9.17) is 0 Å². The number of benzene rings is 1. The van der Waals surface area contributed by atoms with Crippen LogP contribution in [-0.2, 0) is 10.0 Å². The second-order valence-electron chi connectivity index (χ2n) is 6.41. The molecule has 1 aromatic heterocycles. The fourth-order valence-corrected chi connectivity index (χ4v) is 5.86. The summed E-state index contributed by atoms with van der Waals surface area (Å²) in [4.78, 5) is 9.30. The van der Waals surface area contributed by atoms with E-state index in [1.54, 1.807) is 36.0 Å². The van der Waals surface area contributed by atoms with Gasteiger partial charge >= 0.3 is 0 Å². The Bertz CT molecular complexity index is 805. The lowest BCUT2D eigenvalue weighted by atomic mass is 9.96. The number of rotatable bonds is 5. The number of aromatic nitrogens is 2. The third kappa shape index (κ3) is 4.80. The molecule has 1 aliphatic rings. The lowest BCUT2D eigenvalue weighted by Gasteiger charge is -2.31. The average Bonchev–Trinajstić information content (AvgIpc) is 2.56. The first-order chi connectivity index (χ1) is 11.9. The summed E-state index contributed by atoms with van der Waals surface area (Å²) in [5, 5.41) is 0.877. The van der Waals surface area contributed by atoms with E-state index in [2.05, 4.69) is 14.7 Å². The maximum absolute atomic E-state index is 12.7. The summed E-state index contributed by atoms with van der Waals surface area (Å²) < 4.78 is 28.2. The van der Waals surface area contributed by atoms with E-state index in [-0.39, 0.29) is 11.3 Å². The Kier molecular flexibility index (Phi) is 5.76. The van der Waals surface area contributed by atoms with Gasteiger partial charge in [0.2, 0.25) is 10.0 Å². The Hall–Kier alpha value is -1.44. The predicted molar refractivity (Wildman–Crippen MR) is 100 cm³/mol. The first kappa shape index (κ1) is 18.4. The van der Waals surface area contributed by atoms with Gasteiger partial charge in [0.1, 0.15) is 0 Å². The molecule has 0 saturated heterocycles. The molecule has 1 N–H and O–H groups in total. The third-order valence-corrected chi connectivity index (χ3v) is 7.05. The molecule has 0 spiro atoms. The third-order valence-electron chi connectivity index (χ3n) is 4.28. The van der Waals surface area contributed by atoms with Crippen LogP contribution in [0.4, 0.5) is 0 Å². The maximum Gasteiger partial charge on any atom is 0.240 e. The van der Waals surface area contributed by atoms with Crippen molar-refractivity contribution in [2.45, 2.75) is 60.9 Å². The maximum atomic E-state index is 12.7. The zero-order valence-electron chi connectivity index (χ0n) is 14.5. The first-order valence-corrected chi connectivity index (χ1v) is 10.9. The summed E-state index contributed by atoms with van der Waals surface area (Å²) in [5.41, 5.74) is 1.87. The largest absolute Gasteiger partial charge is 0.240 e. The minimum atomic E-state index is -3.51. The molecule has 5 nitrogen and oxygen atoms in total. The second kappa shape index (κ2) is 7.85. The first-order valence-electron chi connectivity index (χ1n) is 8.50. The van der Waals surface area contributed by atoms with Crippen LogP contribution < -0.4 is 4.72 Å². The number of hydrogen-bond acceptors (Lipinski definition) is 5. The molecule has 1 aromatic carbocycles. The van der Waals surface area contributed by atoms with E-state index in [1.165, 1.54) is 0 Å². The van der Waals surface area contributed by atoms with Gasteiger partial charge < -0.3 is 0 Å². The molecule has 0 aliphatic heterocycles. The number of thioether (sulfide) groups is 1. The molecule has 134 valence electrons. The van der Waals surface area contributed by atoms with Gasteiger partial charge in [0.25, 0.3) is 0 Å². The van der Waals surface area contributed by atoms with Crippen molar-refractivity contribution in [2.75, 3.05) is 0 Å². The average molecular weight is 378 g/mol. The standard InChI is InChI=1S/C18H23N3O2S2/c1-13-12-14(2)20-18(19-13)24-17-11-7-6-10-16(17)21-25(22,23)15-8-4-3-5-9-15/h3-5,8-9,12,16-17,21H,6-7,10-11H2,1-2H3/t16-,17-/m0/s1. The van der Waals surface area contributed by atoms with Gasteiger partial charge in [-0.15, -0.1) is 0 Å². The highest BCUT2D eigenvalue weighted by Crippen LogP contribution is 2.33. The van der Waals surface area contributed by atoms with Crippen LogP contribution in [0, 0.1) is 13.8 Å². The van der Waals surface area contributed by atoms with E-state index >= 15 is 0 Å². The van der Waals surface area contributed by atoms with Crippen LogP contribution in [0.15, 0.2) is 46.5 Å². The van der Waals surface area contributed by atoms with Crippen LogP contribution in [0.3, 0.4) is 0 Å². The van der Waals surface area contributed by atoms with Gasteiger partial charge in [-0.25, -0.2) is 23.1 Å². The van der Waals surface area contributed by atoms with Gasteiger partial charge in [0.15, 0.2) is 5.16 Å². The van der Waals surface area contributed by atoms with Crippen molar-refractivity contribution in [2.24, 2.45) is 0 Å². The SMILES string of the molecule is Cc1cc(C)nc(S[C@H]2CCCC[C@@H]2NS(=O)(=O)c2ccccc2)n1. The molecule has 25 heavy (non-hydrogen) atoms. The highest BCUT2D eigenvalue weighted by atomic mass is 32.2. The summed E-state index contributed by atoms with van der Waals surface area (Å²) in [6.07, 6.45) is 3.94. The molecule has 0 unspecified atom stereocenters. The van der Waals surface area contributed by atoms with Crippen LogP contribution in [0.25, 0.3) is 0 Å². The highest BCUT2D eigenvalue weighted by Gasteiger charge is 2.31. The molecule has 2 aromatic rings. The number of hydrogen-bond donors (Lipinski definition) is 1. The van der Waals surface area contributed by atoms with Crippen LogP contribution in [0.5, 0.6) is 0 Å². The van der Waals surface area contributed by atoms with E-state index in [9.17, 15) is 8.42 Å². The molecule has 1 fully saturated rings. The number of aryl methyl sites for hydroxylation is 2. The number of sulfonamides is 1. The normalized spacial score (nSPS) is 21.2. The summed E-state index contributed by atoms with van der Waals surface area (Å²) in [6.45, 7) is 3.91. The van der Waals surface area contributed by atoms with E-state index in [0.717, 1.165) is 42.2 Å². The van der Waals surface area contributed by atoms with Crippen molar-refractivity contribution in [1.82, 2.24) is 14.7 Å². The highest BCUT2D eigenvalue weighted by molar-refractivity contribution is 7.99. The predicted octanol–water partition coefficient (Wildman–Crippen LogP) is 3.48. The van der Waals surface area contributed by atoms with Gasteiger partial charge in [0.05, 0.1) is 4.90 Å². The Morgan fingerprint density at radius 3 is 2.36 bits per heavy atom. The summed E-state index contributed by atoms with van der Waals surface area (Å²) in [6, 6.07) is 10.4. The molecule has 0 bridgehead atoms. The van der Waals surface area contributed by atoms with Crippen molar-refractivity contribution >= 4 is 21.8 Å². The molecule has 3 rings (SSSR count). The van der Waals surface area contributed by atoms with Crippen molar-refractivity contribution in [3.8, 4) is 0 Å². The second-order valence-corrected chi connectivity index (χ2v) is 9.34. The minimum Gasteiger partial charge on any atom is -0.228 e. The fraction of sp³-hybridized carbons (Fsp3) is 0.444. The van der Waals surface area contributed by atoms with E-state index in [1.807, 2.05) is 26.0 Å². The van der Waals surface area contributed by atoms with Crippen molar-refractivity contribution in [3.05, 3.63) is 47.8 Å². The Balaban J connectivity index is 1.77. The summed E-state index contributed by atoms with van der Waals surface area (Å²) in [5.74, 6) is 0. The molecule has 1 heterocycles. The van der Waals surface area contributed by atoms with Crippen molar-refractivity contribution in [3.63, 3.8) is 0 Å². The molecule has 1 aliphatic carbocycles. The Labute approximate surface area is 153 Å². The minimum absolute atomic E-state index is 0.103. The van der Waals surface area contributed by atoms with Gasteiger partial charge in [-0.2, -0.15) is 0 Å². The molecule has 7 heteroatoms. The van der Waals surface area contributed by atoms with Gasteiger partial charge in [-0.1, -0.05) is 42.8 Å². The quantitative estimate of drug-likeness (QED) is 0.808. The Morgan fingerprint density at radius 1 is 1.04 bits per heavy atom. The molecule has 0 radical (unpaired) electrons. The number of nitrogens with zero attached hydrogens (tertiary/aromatic N) is 2. The molecular formula is C18H23N3O2S2. The van der Waals surface area contributed by atoms with Crippen LogP contribution >= 0.6 is 11.8 Å². The molecule has 1 saturated carbocycles. The summed E-state index contributed by atoms with van der Waals surface area (Å²) >= 11 is 1.59. The molecular weight excluding hydrogens is 354 g/mol. The van der Waals surface area contributed by atoms with Crippen LogP contribution in [-0.4, -0.2) is 29.7 Å². The zero-order valence-corrected chi connectivity index (χ0v) is 16.1. The summed E-state index contributed by atoms with van der Waals surface area (Å²) in [7, 11) is -3.51.